The first-order valence-electron chi connectivity index (χ1n) is 24.2. The summed E-state index contributed by atoms with van der Waals surface area (Å²) in [6.45, 7) is 3.91. The van der Waals surface area contributed by atoms with Gasteiger partial charge in [-0.2, -0.15) is 0 Å². The number of fused-ring (bicyclic) bond motifs is 4. The molecule has 3 heterocycles. The normalized spacial score (nSPS) is 17.5. The number of amides is 1. The van der Waals surface area contributed by atoms with Crippen molar-refractivity contribution in [3.63, 3.8) is 0 Å². The highest BCUT2D eigenvalue weighted by molar-refractivity contribution is 7.80. The average molecular weight is 995 g/mol. The number of hydrogen-bond donors (Lipinski definition) is 5. The Morgan fingerprint density at radius 1 is 0.775 bits per heavy atom. The fraction of sp³-hybridized carbons (Fsp3) is 0.434. The van der Waals surface area contributed by atoms with Crippen LogP contribution in [0.4, 0.5) is 5.69 Å². The maximum atomic E-state index is 13.3. The monoisotopic (exact) mass is 994 g/mol. The van der Waals surface area contributed by atoms with Gasteiger partial charge in [-0.25, -0.2) is 9.59 Å². The van der Waals surface area contributed by atoms with E-state index in [0.29, 0.717) is 135 Å². The van der Waals surface area contributed by atoms with Crippen LogP contribution in [-0.4, -0.2) is 129 Å². The second kappa shape index (κ2) is 26.1. The molecule has 5 N–H and O–H groups in total. The van der Waals surface area contributed by atoms with Crippen LogP contribution in [0.5, 0.6) is 5.75 Å². The predicted octanol–water partition coefficient (Wildman–Crippen LogP) is 7.01. The van der Waals surface area contributed by atoms with E-state index >= 15 is 0 Å². The number of anilines is 1. The number of piperidine rings is 1. The summed E-state index contributed by atoms with van der Waals surface area (Å²) in [6, 6.07) is 22.9. The molecule has 2 fully saturated rings. The third kappa shape index (κ3) is 14.6. The minimum Gasteiger partial charge on any atom is -0.508 e. The quantitative estimate of drug-likeness (QED) is 0.0163. The zero-order valence-corrected chi connectivity index (χ0v) is 40.7. The number of rotatable bonds is 26. The lowest BCUT2D eigenvalue weighted by molar-refractivity contribution is -0.159. The molecular weight excluding hydrogens is 933 g/mol. The standard InChI is InChI=1S/C53H62N4O13S/c1-57-36-14-20-43(57)49(46(31-36)70-51(63)34-10-4-2-5-11-34)52(64)68-25-7-3-6-12-47(60)54-21-8-23-65-26-28-67-29-27-66-24-9-22-55-53(71)56-35-13-17-39(42(30-35)50(61)62)48-40-18-15-37(58)32-44(40)69-45-33-38(59)16-19-41(45)48/h2,4-5,10-11,13,15-19,30,32-33,36,43,46,49,58H,3,6-9,12,14,20-29,31H2,1H3,(H,54,60)(H,61,62)(H2,55,56,71)/t36-,43+,46-,49+/m0/s1. The first kappa shape index (κ1) is 52.4. The van der Waals surface area contributed by atoms with E-state index in [9.17, 15) is 34.2 Å². The van der Waals surface area contributed by atoms with Gasteiger partial charge in [-0.1, -0.05) is 24.3 Å². The topological polar surface area (TPSA) is 224 Å². The number of benzene rings is 4. The lowest BCUT2D eigenvalue weighted by Crippen LogP contribution is -2.53. The molecule has 3 aromatic rings. The van der Waals surface area contributed by atoms with Crippen molar-refractivity contribution in [3.05, 3.63) is 106 Å². The second-order valence-electron chi connectivity index (χ2n) is 17.7. The Labute approximate surface area is 417 Å². The van der Waals surface area contributed by atoms with Gasteiger partial charge in [-0.15, -0.1) is 0 Å². The number of unbranched alkanes of at least 4 members (excludes halogenated alkanes) is 2. The molecule has 2 bridgehead atoms. The van der Waals surface area contributed by atoms with Crippen LogP contribution >= 0.6 is 12.2 Å². The van der Waals surface area contributed by atoms with E-state index in [2.05, 4.69) is 20.9 Å². The Hall–Kier alpha value is -6.44. The summed E-state index contributed by atoms with van der Waals surface area (Å²) in [5.41, 5.74) is 2.48. The number of aromatic carboxylic acids is 1. The summed E-state index contributed by atoms with van der Waals surface area (Å²) in [6.07, 6.45) is 5.70. The Kier molecular flexibility index (Phi) is 19.3. The Balaban J connectivity index is 0.678. The highest BCUT2D eigenvalue weighted by Gasteiger charge is 2.51. The summed E-state index contributed by atoms with van der Waals surface area (Å²) < 4.78 is 34.4. The molecule has 4 aliphatic rings. The molecule has 71 heavy (non-hydrogen) atoms. The van der Waals surface area contributed by atoms with Gasteiger partial charge in [-0.05, 0) is 118 Å². The van der Waals surface area contributed by atoms with Crippen molar-refractivity contribution in [2.45, 2.75) is 76.0 Å². The van der Waals surface area contributed by atoms with Gasteiger partial charge in [-0.3, -0.25) is 19.3 Å². The van der Waals surface area contributed by atoms with Crippen molar-refractivity contribution in [2.75, 3.05) is 71.7 Å². The molecule has 3 aliphatic heterocycles. The van der Waals surface area contributed by atoms with Gasteiger partial charge in [0, 0.05) is 85.6 Å². The average Bonchev–Trinajstić information content (AvgIpc) is 3.58. The van der Waals surface area contributed by atoms with E-state index < -0.39 is 24.0 Å². The SMILES string of the molecule is CN1[C@H]2CC[C@@H]1[C@@H](C(=O)OCCCCCC(=O)NCCCOCCOCCOCCCNC(=S)Nc1ccc(-c3c4ccc(=O)cc-4oc4cc(O)ccc34)c(C(=O)O)c1)[C@@H](OC(=O)c1ccccc1)C2. The van der Waals surface area contributed by atoms with Crippen LogP contribution < -0.4 is 21.4 Å². The van der Waals surface area contributed by atoms with Gasteiger partial charge in [0.1, 0.15) is 29.1 Å². The van der Waals surface area contributed by atoms with Crippen molar-refractivity contribution in [1.29, 1.82) is 0 Å². The number of nitrogens with zero attached hydrogens (tertiary/aromatic N) is 1. The third-order valence-corrected chi connectivity index (χ3v) is 13.0. The lowest BCUT2D eigenvalue weighted by atomic mass is 9.87. The van der Waals surface area contributed by atoms with Crippen LogP contribution in [0.25, 0.3) is 33.4 Å². The largest absolute Gasteiger partial charge is 0.508 e. The summed E-state index contributed by atoms with van der Waals surface area (Å²) in [4.78, 5) is 65.4. The summed E-state index contributed by atoms with van der Waals surface area (Å²) in [5.74, 6) is -2.24. The van der Waals surface area contributed by atoms with Crippen LogP contribution in [0.3, 0.4) is 0 Å². The van der Waals surface area contributed by atoms with E-state index in [1.54, 1.807) is 48.5 Å². The smallest absolute Gasteiger partial charge is 0.338 e. The molecule has 17 nitrogen and oxygen atoms in total. The highest BCUT2D eigenvalue weighted by Crippen LogP contribution is 2.43. The first-order chi connectivity index (χ1) is 34.5. The molecule has 2 saturated heterocycles. The summed E-state index contributed by atoms with van der Waals surface area (Å²) >= 11 is 5.45. The number of nitrogens with one attached hydrogen (secondary N) is 3. The molecule has 0 radical (unpaired) electrons. The van der Waals surface area contributed by atoms with E-state index in [1.807, 2.05) is 13.1 Å². The van der Waals surface area contributed by atoms with Gasteiger partial charge in [0.05, 0.1) is 44.2 Å². The minimum atomic E-state index is -1.16. The van der Waals surface area contributed by atoms with Gasteiger partial charge < -0.3 is 54.3 Å². The molecule has 0 saturated carbocycles. The van der Waals surface area contributed by atoms with Crippen molar-refractivity contribution >= 4 is 57.8 Å². The zero-order valence-electron chi connectivity index (χ0n) is 39.9. The number of aromatic hydroxyl groups is 1. The highest BCUT2D eigenvalue weighted by atomic mass is 32.1. The molecule has 0 unspecified atom stereocenters. The molecule has 18 heteroatoms. The van der Waals surface area contributed by atoms with Crippen molar-refractivity contribution in [1.82, 2.24) is 15.5 Å². The number of carboxylic acids is 1. The summed E-state index contributed by atoms with van der Waals surface area (Å²) in [5, 5.41) is 30.3. The number of esters is 2. The van der Waals surface area contributed by atoms with Crippen LogP contribution in [0, 0.1) is 5.92 Å². The summed E-state index contributed by atoms with van der Waals surface area (Å²) in [7, 11) is 2.03. The first-order valence-corrected chi connectivity index (χ1v) is 24.6. The van der Waals surface area contributed by atoms with Gasteiger partial charge in [0.25, 0.3) is 0 Å². The zero-order chi connectivity index (χ0) is 50.1. The fourth-order valence-electron chi connectivity index (χ4n) is 9.21. The van der Waals surface area contributed by atoms with Crippen molar-refractivity contribution in [2.24, 2.45) is 5.92 Å². The number of ether oxygens (including phenoxy) is 5. The molecule has 7 rings (SSSR count). The molecule has 4 atom stereocenters. The lowest BCUT2D eigenvalue weighted by Gasteiger charge is -2.40. The van der Waals surface area contributed by atoms with Crippen LogP contribution in [0.15, 0.2) is 94.1 Å². The van der Waals surface area contributed by atoms with E-state index in [-0.39, 0.29) is 53.1 Å². The van der Waals surface area contributed by atoms with E-state index in [0.717, 1.165) is 19.3 Å². The number of carbonyl (C=O) groups is 4. The molecule has 1 amide bonds. The van der Waals surface area contributed by atoms with Crippen LogP contribution in [0.1, 0.15) is 78.5 Å². The molecule has 1 aliphatic carbocycles. The maximum absolute atomic E-state index is 13.3. The molecule has 378 valence electrons. The maximum Gasteiger partial charge on any atom is 0.338 e. The molecular formula is C53H62N4O13S. The Morgan fingerprint density at radius 2 is 1.49 bits per heavy atom. The predicted molar refractivity (Wildman–Crippen MR) is 270 cm³/mol. The van der Waals surface area contributed by atoms with E-state index in [1.165, 1.54) is 30.3 Å². The van der Waals surface area contributed by atoms with Crippen LogP contribution in [-0.2, 0) is 33.3 Å². The Morgan fingerprint density at radius 3 is 2.24 bits per heavy atom. The van der Waals surface area contributed by atoms with Crippen molar-refractivity contribution < 1.29 is 57.5 Å². The van der Waals surface area contributed by atoms with Gasteiger partial charge in [0.2, 0.25) is 5.91 Å². The number of thiocarbonyl (C=S) groups is 1. The third-order valence-electron chi connectivity index (χ3n) is 12.8. The molecule has 3 aromatic carbocycles. The number of carbonyl (C=O) groups excluding carboxylic acids is 3. The second-order valence-corrected chi connectivity index (χ2v) is 18.1. The van der Waals surface area contributed by atoms with Gasteiger partial charge in [0.15, 0.2) is 10.5 Å². The van der Waals surface area contributed by atoms with Gasteiger partial charge >= 0.3 is 17.9 Å². The van der Waals surface area contributed by atoms with Crippen molar-refractivity contribution in [3.8, 4) is 28.2 Å². The number of phenols is 1. The number of phenolic OH excluding ortho intramolecular Hbond substituents is 1. The number of hydrogen-bond acceptors (Lipinski definition) is 14. The fourth-order valence-corrected chi connectivity index (χ4v) is 9.43. The van der Waals surface area contributed by atoms with E-state index in [4.69, 9.17) is 40.3 Å². The van der Waals surface area contributed by atoms with Crippen LogP contribution in [0.2, 0.25) is 0 Å². The molecule has 0 aromatic heterocycles. The Bertz CT molecular complexity index is 2640. The minimum absolute atomic E-state index is 0.00495. The molecule has 0 spiro atoms. The number of carboxylic acid groups (broad SMARTS) is 1.